The summed E-state index contributed by atoms with van der Waals surface area (Å²) in [5.74, 6) is 0. The number of urea groups is 2. The predicted molar refractivity (Wildman–Crippen MR) is 32.4 cm³/mol. The molecule has 0 unspecified atom stereocenters. The van der Waals surface area contributed by atoms with E-state index in [-0.39, 0.29) is 0 Å². The van der Waals surface area contributed by atoms with Crippen molar-refractivity contribution in [2.24, 2.45) is 17.2 Å². The van der Waals surface area contributed by atoms with Gasteiger partial charge >= 0.3 is 12.1 Å². The van der Waals surface area contributed by atoms with E-state index >= 15 is 0 Å². The summed E-state index contributed by atoms with van der Waals surface area (Å²) in [5.41, 5.74) is 13.0. The van der Waals surface area contributed by atoms with E-state index in [9.17, 15) is 4.79 Å². The molecule has 0 aromatic heterocycles. The van der Waals surface area contributed by atoms with Crippen molar-refractivity contribution in [3.63, 3.8) is 0 Å². The summed E-state index contributed by atoms with van der Waals surface area (Å²) in [7, 11) is 1.47. The molecule has 0 radical (unpaired) electrons. The highest BCUT2D eigenvalue weighted by atomic mass is 16.2. The fourth-order valence-electron chi connectivity index (χ4n) is 0. The topological polar surface area (TPSA) is 124 Å². The van der Waals surface area contributed by atoms with Gasteiger partial charge in [-0.25, -0.2) is 9.59 Å². The molecule has 0 aromatic carbocycles. The monoisotopic (exact) mass is 134 g/mol. The van der Waals surface area contributed by atoms with Gasteiger partial charge in [-0.15, -0.1) is 0 Å². The quantitative estimate of drug-likeness (QED) is 0.315. The third kappa shape index (κ3) is 462. The molecule has 0 aliphatic heterocycles. The van der Waals surface area contributed by atoms with Crippen LogP contribution in [0.3, 0.4) is 0 Å². The molecule has 6 heteroatoms. The zero-order valence-corrected chi connectivity index (χ0v) is 5.05. The first-order chi connectivity index (χ1) is 4.00. The van der Waals surface area contributed by atoms with Crippen LogP contribution in [0.1, 0.15) is 0 Å². The minimum absolute atomic E-state index is 0.495. The van der Waals surface area contributed by atoms with Gasteiger partial charge in [-0.1, -0.05) is 0 Å². The Hall–Kier alpha value is -1.46. The Morgan fingerprint density at radius 1 is 1.22 bits per heavy atom. The Bertz CT molecular complexity index is 98.0. The molecule has 0 aliphatic rings. The number of carbonyl (C=O) groups excluding carboxylic acids is 2. The van der Waals surface area contributed by atoms with Crippen LogP contribution in [-0.4, -0.2) is 19.1 Å². The molecule has 0 aromatic rings. The highest BCUT2D eigenvalue weighted by Gasteiger charge is 1.72. The molecule has 0 saturated heterocycles. The summed E-state index contributed by atoms with van der Waals surface area (Å²) in [4.78, 5) is 18.5. The molecule has 54 valence electrons. The fraction of sp³-hybridized carbons (Fsp3) is 0.333. The number of carbonyl (C=O) groups is 2. The molecule has 0 rings (SSSR count). The van der Waals surface area contributed by atoms with Crippen molar-refractivity contribution < 1.29 is 9.59 Å². The number of primary amides is 3. The summed E-state index contributed by atoms with van der Waals surface area (Å²) < 4.78 is 0. The molecule has 0 heterocycles. The van der Waals surface area contributed by atoms with Crippen molar-refractivity contribution >= 4 is 12.1 Å². The number of amides is 4. The van der Waals surface area contributed by atoms with Crippen molar-refractivity contribution in [2.75, 3.05) is 7.05 Å². The molecule has 6 nitrogen and oxygen atoms in total. The minimum atomic E-state index is -0.833. The van der Waals surface area contributed by atoms with Gasteiger partial charge in [0, 0.05) is 7.05 Å². The first-order valence-corrected chi connectivity index (χ1v) is 2.02. The molecule has 4 amide bonds. The van der Waals surface area contributed by atoms with Gasteiger partial charge < -0.3 is 22.5 Å². The molecule has 0 saturated carbocycles. The Morgan fingerprint density at radius 3 is 1.33 bits per heavy atom. The van der Waals surface area contributed by atoms with Gasteiger partial charge in [-0.2, -0.15) is 0 Å². The van der Waals surface area contributed by atoms with Crippen LogP contribution in [0, 0.1) is 0 Å². The van der Waals surface area contributed by atoms with E-state index in [1.165, 1.54) is 7.05 Å². The van der Waals surface area contributed by atoms with Gasteiger partial charge in [0.05, 0.1) is 0 Å². The molecule has 0 spiro atoms. The van der Waals surface area contributed by atoms with Crippen molar-refractivity contribution in [1.29, 1.82) is 0 Å². The lowest BCUT2D eigenvalue weighted by atomic mass is 11.1. The summed E-state index contributed by atoms with van der Waals surface area (Å²) in [5, 5.41) is 2.17. The normalized spacial score (nSPS) is 6.33. The van der Waals surface area contributed by atoms with Gasteiger partial charge in [-0.3, -0.25) is 0 Å². The van der Waals surface area contributed by atoms with Crippen LogP contribution in [0.4, 0.5) is 9.59 Å². The molecule has 0 aliphatic carbocycles. The van der Waals surface area contributed by atoms with Crippen molar-refractivity contribution in [1.82, 2.24) is 5.32 Å². The van der Waals surface area contributed by atoms with Gasteiger partial charge in [0.2, 0.25) is 0 Å². The zero-order valence-electron chi connectivity index (χ0n) is 5.05. The number of rotatable bonds is 0. The SMILES string of the molecule is CNC(N)=O.NC(N)=O. The number of hydrogen-bond donors (Lipinski definition) is 4. The van der Waals surface area contributed by atoms with Crippen molar-refractivity contribution in [3.8, 4) is 0 Å². The van der Waals surface area contributed by atoms with Crippen molar-refractivity contribution in [2.45, 2.75) is 0 Å². The van der Waals surface area contributed by atoms with Crippen LogP contribution < -0.4 is 22.5 Å². The summed E-state index contributed by atoms with van der Waals surface area (Å²) in [6.07, 6.45) is 0. The molecule has 0 fully saturated rings. The molecular formula is C3H10N4O2. The Labute approximate surface area is 52.4 Å². The second kappa shape index (κ2) is 6.54. The minimum Gasteiger partial charge on any atom is -0.352 e. The van der Waals surface area contributed by atoms with Crippen LogP contribution in [0.15, 0.2) is 0 Å². The smallest absolute Gasteiger partial charge is 0.311 e. The lowest BCUT2D eigenvalue weighted by Gasteiger charge is -1.80. The maximum absolute atomic E-state index is 9.48. The summed E-state index contributed by atoms with van der Waals surface area (Å²) in [6, 6.07) is -1.33. The van der Waals surface area contributed by atoms with E-state index in [4.69, 9.17) is 4.79 Å². The van der Waals surface area contributed by atoms with Crippen molar-refractivity contribution in [3.05, 3.63) is 0 Å². The van der Waals surface area contributed by atoms with Crippen LogP contribution in [-0.2, 0) is 0 Å². The van der Waals surface area contributed by atoms with Gasteiger partial charge in [-0.05, 0) is 0 Å². The standard InChI is InChI=1S/C2H6N2O.CH4N2O/c1-4-2(3)5;2-1(3)4/h1H3,(H3,3,4,5);(H4,2,3,4). The zero-order chi connectivity index (χ0) is 7.86. The number of nitrogens with two attached hydrogens (primary N) is 3. The maximum Gasteiger partial charge on any atom is 0.311 e. The van der Waals surface area contributed by atoms with E-state index in [1.807, 2.05) is 0 Å². The molecule has 7 N–H and O–H groups in total. The highest BCUT2D eigenvalue weighted by Crippen LogP contribution is 1.38. The Morgan fingerprint density at radius 2 is 1.33 bits per heavy atom. The third-order valence-corrected chi connectivity index (χ3v) is 0.246. The van der Waals surface area contributed by atoms with E-state index < -0.39 is 12.1 Å². The van der Waals surface area contributed by atoms with Crippen LogP contribution >= 0.6 is 0 Å². The van der Waals surface area contributed by atoms with E-state index in [0.29, 0.717) is 0 Å². The Kier molecular flexibility index (Phi) is 7.64. The maximum atomic E-state index is 9.48. The third-order valence-electron chi connectivity index (χ3n) is 0.246. The first kappa shape index (κ1) is 10.5. The number of hydrogen-bond acceptors (Lipinski definition) is 2. The second-order valence-corrected chi connectivity index (χ2v) is 1.02. The molecule has 9 heavy (non-hydrogen) atoms. The lowest BCUT2D eigenvalue weighted by molar-refractivity contribution is 0.250. The van der Waals surface area contributed by atoms with Gasteiger partial charge in [0.25, 0.3) is 0 Å². The first-order valence-electron chi connectivity index (χ1n) is 2.02. The summed E-state index contributed by atoms with van der Waals surface area (Å²) >= 11 is 0. The van der Waals surface area contributed by atoms with E-state index in [1.54, 1.807) is 0 Å². The average molecular weight is 134 g/mol. The van der Waals surface area contributed by atoms with Gasteiger partial charge in [0.1, 0.15) is 0 Å². The summed E-state index contributed by atoms with van der Waals surface area (Å²) in [6.45, 7) is 0. The Balaban J connectivity index is 0. The second-order valence-electron chi connectivity index (χ2n) is 1.02. The van der Waals surface area contributed by atoms with E-state index in [0.717, 1.165) is 0 Å². The fourth-order valence-corrected chi connectivity index (χ4v) is 0. The highest BCUT2D eigenvalue weighted by molar-refractivity contribution is 5.71. The lowest BCUT2D eigenvalue weighted by Crippen LogP contribution is -2.24. The molecule has 0 atom stereocenters. The van der Waals surface area contributed by atoms with Gasteiger partial charge in [0.15, 0.2) is 0 Å². The average Bonchev–Trinajstić information content (AvgIpc) is 1.65. The van der Waals surface area contributed by atoms with E-state index in [2.05, 4.69) is 22.5 Å². The largest absolute Gasteiger partial charge is 0.352 e. The van der Waals surface area contributed by atoms with Crippen LogP contribution in [0.2, 0.25) is 0 Å². The molecule has 0 bridgehead atoms. The number of nitrogens with one attached hydrogen (secondary N) is 1. The molecular weight excluding hydrogens is 124 g/mol. The van der Waals surface area contributed by atoms with Crippen LogP contribution in [0.5, 0.6) is 0 Å². The predicted octanol–water partition coefficient (Wildman–Crippen LogP) is -1.69. The van der Waals surface area contributed by atoms with Crippen LogP contribution in [0.25, 0.3) is 0 Å².